The largest absolute Gasteiger partial charge is 0.471 e. The van der Waals surface area contributed by atoms with E-state index >= 15 is 0 Å². The molecule has 0 unspecified atom stereocenters. The second kappa shape index (κ2) is 6.30. The van der Waals surface area contributed by atoms with E-state index in [9.17, 15) is 4.79 Å². The number of H-pyrrole nitrogens is 1. The summed E-state index contributed by atoms with van der Waals surface area (Å²) in [6.45, 7) is 2.29. The Labute approximate surface area is 132 Å². The van der Waals surface area contributed by atoms with Crippen molar-refractivity contribution in [3.05, 3.63) is 41.7 Å². The number of fused-ring (bicyclic) bond motifs is 1. The van der Waals surface area contributed by atoms with Gasteiger partial charge in [0.1, 0.15) is 12.1 Å². The lowest BCUT2D eigenvalue weighted by molar-refractivity contribution is -0.119. The minimum atomic E-state index is -0.0650. The molecule has 8 heteroatoms. The van der Waals surface area contributed by atoms with Gasteiger partial charge in [-0.2, -0.15) is 9.97 Å². The molecule has 0 saturated heterocycles. The molecule has 0 aliphatic rings. The Morgan fingerprint density at radius 3 is 3.00 bits per heavy atom. The SMILES string of the molecule is CC(=O)NCc1cccc(COc2nc(N)nc3nc[nH]c23)c1. The molecule has 0 atom stereocenters. The predicted octanol–water partition coefficient (Wildman–Crippen LogP) is 1.15. The zero-order valence-corrected chi connectivity index (χ0v) is 12.5. The van der Waals surface area contributed by atoms with Gasteiger partial charge in [0, 0.05) is 13.5 Å². The van der Waals surface area contributed by atoms with Gasteiger partial charge in [-0.25, -0.2) is 4.98 Å². The van der Waals surface area contributed by atoms with Crippen molar-refractivity contribution >= 4 is 23.0 Å². The maximum absolute atomic E-state index is 11.0. The highest BCUT2D eigenvalue weighted by atomic mass is 16.5. The average Bonchev–Trinajstić information content (AvgIpc) is 2.99. The standard InChI is InChI=1S/C15H16N6O2/c1-9(22)17-6-10-3-2-4-11(5-10)7-23-14-12-13(19-8-18-12)20-15(16)21-14/h2-5,8H,6-7H2,1H3,(H,17,22)(H3,16,18,19,20,21). The monoisotopic (exact) mass is 312 g/mol. The van der Waals surface area contributed by atoms with Crippen LogP contribution in [0, 0.1) is 0 Å². The predicted molar refractivity (Wildman–Crippen MR) is 84.4 cm³/mol. The van der Waals surface area contributed by atoms with E-state index in [4.69, 9.17) is 10.5 Å². The first kappa shape index (κ1) is 14.8. The second-order valence-corrected chi connectivity index (χ2v) is 5.01. The number of carbonyl (C=O) groups is 1. The number of nitrogens with zero attached hydrogens (tertiary/aromatic N) is 3. The number of amides is 1. The van der Waals surface area contributed by atoms with Gasteiger partial charge in [0.2, 0.25) is 17.7 Å². The van der Waals surface area contributed by atoms with Crippen LogP contribution in [0.4, 0.5) is 5.95 Å². The fraction of sp³-hybridized carbons (Fsp3) is 0.200. The van der Waals surface area contributed by atoms with E-state index in [1.165, 1.54) is 13.3 Å². The summed E-state index contributed by atoms with van der Waals surface area (Å²) in [5, 5.41) is 2.76. The number of aromatic nitrogens is 4. The molecule has 2 aromatic heterocycles. The molecular formula is C15H16N6O2. The lowest BCUT2D eigenvalue weighted by atomic mass is 10.1. The summed E-state index contributed by atoms with van der Waals surface area (Å²) in [7, 11) is 0. The number of imidazole rings is 1. The van der Waals surface area contributed by atoms with Gasteiger partial charge in [0.05, 0.1) is 6.33 Å². The molecule has 8 nitrogen and oxygen atoms in total. The third kappa shape index (κ3) is 3.54. The van der Waals surface area contributed by atoms with Crippen LogP contribution in [0.5, 0.6) is 5.88 Å². The normalized spacial score (nSPS) is 10.7. The van der Waals surface area contributed by atoms with E-state index in [0.29, 0.717) is 30.2 Å². The summed E-state index contributed by atoms with van der Waals surface area (Å²) in [4.78, 5) is 26.0. The van der Waals surface area contributed by atoms with Crippen LogP contribution >= 0.6 is 0 Å². The number of rotatable bonds is 5. The molecule has 23 heavy (non-hydrogen) atoms. The molecule has 0 aliphatic carbocycles. The highest BCUT2D eigenvalue weighted by molar-refractivity contribution is 5.76. The number of nitrogen functional groups attached to an aromatic ring is 1. The summed E-state index contributed by atoms with van der Waals surface area (Å²) in [5.41, 5.74) is 8.67. The first-order chi connectivity index (χ1) is 11.1. The number of aromatic amines is 1. The Bertz CT molecular complexity index is 845. The Kier molecular flexibility index (Phi) is 4.05. The van der Waals surface area contributed by atoms with E-state index in [-0.39, 0.29) is 11.9 Å². The van der Waals surface area contributed by atoms with Gasteiger partial charge in [-0.15, -0.1) is 0 Å². The number of hydrogen-bond donors (Lipinski definition) is 3. The Hall–Kier alpha value is -3.16. The van der Waals surface area contributed by atoms with E-state index in [1.54, 1.807) is 0 Å². The number of nitrogens with one attached hydrogen (secondary N) is 2. The summed E-state index contributed by atoms with van der Waals surface area (Å²) in [5.74, 6) is 0.404. The highest BCUT2D eigenvalue weighted by Crippen LogP contribution is 2.20. The number of nitrogens with two attached hydrogens (primary N) is 1. The van der Waals surface area contributed by atoms with Crippen molar-refractivity contribution < 1.29 is 9.53 Å². The minimum Gasteiger partial charge on any atom is -0.471 e. The van der Waals surface area contributed by atoms with Crippen molar-refractivity contribution in [3.63, 3.8) is 0 Å². The number of anilines is 1. The van der Waals surface area contributed by atoms with Crippen molar-refractivity contribution in [1.29, 1.82) is 0 Å². The lowest BCUT2D eigenvalue weighted by Gasteiger charge is -2.08. The van der Waals surface area contributed by atoms with Crippen LogP contribution in [0.25, 0.3) is 11.2 Å². The first-order valence-electron chi connectivity index (χ1n) is 7.03. The molecule has 0 fully saturated rings. The molecule has 118 valence electrons. The topological polar surface area (TPSA) is 119 Å². The van der Waals surface area contributed by atoms with Crippen molar-refractivity contribution in [2.75, 3.05) is 5.73 Å². The van der Waals surface area contributed by atoms with Crippen molar-refractivity contribution in [2.45, 2.75) is 20.1 Å². The Morgan fingerprint density at radius 1 is 1.35 bits per heavy atom. The molecule has 1 amide bonds. The molecule has 3 aromatic rings. The number of hydrogen-bond acceptors (Lipinski definition) is 6. The molecule has 0 bridgehead atoms. The van der Waals surface area contributed by atoms with Crippen LogP contribution in [-0.2, 0) is 17.9 Å². The molecule has 2 heterocycles. The van der Waals surface area contributed by atoms with E-state index in [1.807, 2.05) is 24.3 Å². The number of ether oxygens (including phenoxy) is 1. The fourth-order valence-electron chi connectivity index (χ4n) is 2.13. The summed E-state index contributed by atoms with van der Waals surface area (Å²) in [6.07, 6.45) is 1.51. The summed E-state index contributed by atoms with van der Waals surface area (Å²) >= 11 is 0. The van der Waals surface area contributed by atoms with Gasteiger partial charge < -0.3 is 20.8 Å². The van der Waals surface area contributed by atoms with Crippen LogP contribution < -0.4 is 15.8 Å². The number of benzene rings is 1. The zero-order chi connectivity index (χ0) is 16.2. The molecular weight excluding hydrogens is 296 g/mol. The highest BCUT2D eigenvalue weighted by Gasteiger charge is 2.10. The van der Waals surface area contributed by atoms with Gasteiger partial charge >= 0.3 is 0 Å². The van der Waals surface area contributed by atoms with Crippen LogP contribution in [-0.4, -0.2) is 25.8 Å². The average molecular weight is 312 g/mol. The molecule has 0 radical (unpaired) electrons. The van der Waals surface area contributed by atoms with Crippen LogP contribution in [0.15, 0.2) is 30.6 Å². The van der Waals surface area contributed by atoms with Gasteiger partial charge in [0.15, 0.2) is 5.65 Å². The van der Waals surface area contributed by atoms with Gasteiger partial charge in [0.25, 0.3) is 0 Å². The van der Waals surface area contributed by atoms with E-state index < -0.39 is 0 Å². The van der Waals surface area contributed by atoms with Gasteiger partial charge in [-0.1, -0.05) is 24.3 Å². The Balaban J connectivity index is 1.73. The van der Waals surface area contributed by atoms with Crippen molar-refractivity contribution in [2.24, 2.45) is 0 Å². The zero-order valence-electron chi connectivity index (χ0n) is 12.5. The minimum absolute atomic E-state index is 0.0650. The summed E-state index contributed by atoms with van der Waals surface area (Å²) < 4.78 is 5.74. The Morgan fingerprint density at radius 2 is 2.17 bits per heavy atom. The van der Waals surface area contributed by atoms with Gasteiger partial charge in [-0.05, 0) is 11.1 Å². The smallest absolute Gasteiger partial charge is 0.245 e. The van der Waals surface area contributed by atoms with Crippen molar-refractivity contribution in [3.8, 4) is 5.88 Å². The van der Waals surface area contributed by atoms with E-state index in [2.05, 4.69) is 25.3 Å². The van der Waals surface area contributed by atoms with Crippen LogP contribution in [0.3, 0.4) is 0 Å². The molecule has 0 saturated carbocycles. The maximum atomic E-state index is 11.0. The molecule has 4 N–H and O–H groups in total. The van der Waals surface area contributed by atoms with E-state index in [0.717, 1.165) is 11.1 Å². The third-order valence-electron chi connectivity index (χ3n) is 3.18. The third-order valence-corrected chi connectivity index (χ3v) is 3.18. The first-order valence-corrected chi connectivity index (χ1v) is 7.03. The van der Waals surface area contributed by atoms with Gasteiger partial charge in [-0.3, -0.25) is 4.79 Å². The van der Waals surface area contributed by atoms with Crippen LogP contribution in [0.2, 0.25) is 0 Å². The maximum Gasteiger partial charge on any atom is 0.245 e. The number of carbonyl (C=O) groups excluding carboxylic acids is 1. The van der Waals surface area contributed by atoms with Crippen molar-refractivity contribution in [1.82, 2.24) is 25.3 Å². The molecule has 1 aromatic carbocycles. The van der Waals surface area contributed by atoms with Crippen LogP contribution in [0.1, 0.15) is 18.1 Å². The lowest BCUT2D eigenvalue weighted by Crippen LogP contribution is -2.18. The molecule has 0 spiro atoms. The summed E-state index contributed by atoms with van der Waals surface area (Å²) in [6, 6.07) is 7.75. The fourth-order valence-corrected chi connectivity index (χ4v) is 2.13. The molecule has 3 rings (SSSR count). The second-order valence-electron chi connectivity index (χ2n) is 5.01. The quantitative estimate of drug-likeness (QED) is 0.650. The molecule has 0 aliphatic heterocycles.